The maximum atomic E-state index is 13.4. The number of carbonyl (C=O) groups excluding carboxylic acids is 1. The number of rotatable bonds is 3. The van der Waals surface area contributed by atoms with Crippen molar-refractivity contribution in [2.45, 2.75) is 6.18 Å². The number of alkyl halides is 3. The molecule has 0 saturated carbocycles. The van der Waals surface area contributed by atoms with Crippen molar-refractivity contribution < 1.29 is 22.4 Å². The average molecular weight is 425 g/mol. The second-order valence-corrected chi connectivity index (χ2v) is 6.75. The summed E-state index contributed by atoms with van der Waals surface area (Å²) >= 11 is 0. The first-order chi connectivity index (χ1) is 14.8. The Balaban J connectivity index is 1.53. The minimum atomic E-state index is -4.73. The molecule has 1 aromatic heterocycles. The van der Waals surface area contributed by atoms with E-state index in [1.807, 2.05) is 24.3 Å². The normalized spacial score (nSPS) is 11.4. The van der Waals surface area contributed by atoms with Crippen LogP contribution >= 0.6 is 0 Å². The molecule has 4 aromatic rings. The van der Waals surface area contributed by atoms with Gasteiger partial charge in [-0.3, -0.25) is 4.98 Å². The van der Waals surface area contributed by atoms with Crippen molar-refractivity contribution in [2.75, 3.05) is 10.6 Å². The summed E-state index contributed by atoms with van der Waals surface area (Å²) < 4.78 is 52.6. The molecule has 0 radical (unpaired) electrons. The zero-order valence-electron chi connectivity index (χ0n) is 15.9. The predicted molar refractivity (Wildman–Crippen MR) is 111 cm³/mol. The molecule has 0 aliphatic heterocycles. The molecule has 0 spiro atoms. The maximum absolute atomic E-state index is 13.4. The second-order valence-electron chi connectivity index (χ2n) is 6.75. The fourth-order valence-electron chi connectivity index (χ4n) is 3.26. The number of urea groups is 1. The number of amides is 2. The number of carbonyl (C=O) groups is 1. The van der Waals surface area contributed by atoms with Crippen LogP contribution in [0.1, 0.15) is 5.56 Å². The van der Waals surface area contributed by atoms with Gasteiger partial charge in [0, 0.05) is 23.5 Å². The number of benzene rings is 3. The van der Waals surface area contributed by atoms with E-state index in [-0.39, 0.29) is 0 Å². The lowest BCUT2D eigenvalue weighted by Crippen LogP contribution is -2.22. The first-order valence-corrected chi connectivity index (χ1v) is 9.19. The highest BCUT2D eigenvalue weighted by Crippen LogP contribution is 2.35. The first kappa shape index (κ1) is 20.3. The molecular formula is C23H15F4N3O. The van der Waals surface area contributed by atoms with Gasteiger partial charge in [0.25, 0.3) is 0 Å². The molecule has 4 rings (SSSR count). The lowest BCUT2D eigenvalue weighted by molar-refractivity contribution is -0.136. The molecule has 0 aliphatic carbocycles. The van der Waals surface area contributed by atoms with Crippen LogP contribution in [0.4, 0.5) is 33.7 Å². The predicted octanol–water partition coefficient (Wildman–Crippen LogP) is 6.70. The first-order valence-electron chi connectivity index (χ1n) is 9.19. The van der Waals surface area contributed by atoms with E-state index < -0.39 is 29.3 Å². The Morgan fingerprint density at radius 1 is 0.903 bits per heavy atom. The molecule has 4 nitrogen and oxygen atoms in total. The average Bonchev–Trinajstić information content (AvgIpc) is 2.73. The van der Waals surface area contributed by atoms with Crippen molar-refractivity contribution in [2.24, 2.45) is 0 Å². The Labute approximate surface area is 174 Å². The van der Waals surface area contributed by atoms with E-state index >= 15 is 0 Å². The molecule has 0 aliphatic rings. The van der Waals surface area contributed by atoms with Gasteiger partial charge in [-0.25, -0.2) is 9.18 Å². The van der Waals surface area contributed by atoms with Crippen LogP contribution in [0.25, 0.3) is 21.9 Å². The Bertz CT molecular complexity index is 1250. The standard InChI is InChI=1S/C23H15F4N3O/c24-16-6-9-20(23(25,26)27)21(12-16)30-22(31)29-17-7-4-14(5-8-17)18-3-1-2-15-13-28-11-10-19(15)18/h1-13H,(H2,29,30,31). The van der Waals surface area contributed by atoms with Gasteiger partial charge in [0.2, 0.25) is 0 Å². The Morgan fingerprint density at radius 2 is 1.68 bits per heavy atom. The summed E-state index contributed by atoms with van der Waals surface area (Å²) in [6.07, 6.45) is -1.26. The molecule has 3 aromatic carbocycles. The van der Waals surface area contributed by atoms with E-state index in [0.717, 1.165) is 21.9 Å². The van der Waals surface area contributed by atoms with Gasteiger partial charge in [0.05, 0.1) is 11.3 Å². The summed E-state index contributed by atoms with van der Waals surface area (Å²) in [6, 6.07) is 15.5. The van der Waals surface area contributed by atoms with Gasteiger partial charge in [-0.05, 0) is 52.9 Å². The van der Waals surface area contributed by atoms with Crippen molar-refractivity contribution in [3.63, 3.8) is 0 Å². The van der Waals surface area contributed by atoms with Crippen molar-refractivity contribution in [3.8, 4) is 11.1 Å². The van der Waals surface area contributed by atoms with Crippen LogP contribution in [0, 0.1) is 5.82 Å². The van der Waals surface area contributed by atoms with Gasteiger partial charge in [-0.15, -0.1) is 0 Å². The summed E-state index contributed by atoms with van der Waals surface area (Å²) in [4.78, 5) is 16.3. The van der Waals surface area contributed by atoms with Crippen LogP contribution in [0.3, 0.4) is 0 Å². The molecule has 0 bridgehead atoms. The maximum Gasteiger partial charge on any atom is 0.418 e. The largest absolute Gasteiger partial charge is 0.418 e. The van der Waals surface area contributed by atoms with Gasteiger partial charge < -0.3 is 10.6 Å². The lowest BCUT2D eigenvalue weighted by atomic mass is 9.99. The highest BCUT2D eigenvalue weighted by atomic mass is 19.4. The van der Waals surface area contributed by atoms with Crippen LogP contribution in [0.2, 0.25) is 0 Å². The minimum Gasteiger partial charge on any atom is -0.308 e. The number of nitrogens with zero attached hydrogens (tertiary/aromatic N) is 1. The van der Waals surface area contributed by atoms with Crippen molar-refractivity contribution in [1.29, 1.82) is 0 Å². The molecule has 0 saturated heterocycles. The summed E-state index contributed by atoms with van der Waals surface area (Å²) in [5.74, 6) is -0.891. The van der Waals surface area contributed by atoms with Crippen LogP contribution in [-0.2, 0) is 6.18 Å². The van der Waals surface area contributed by atoms with Crippen molar-refractivity contribution >= 4 is 28.2 Å². The van der Waals surface area contributed by atoms with E-state index in [1.165, 1.54) is 0 Å². The van der Waals surface area contributed by atoms with E-state index in [0.29, 0.717) is 23.9 Å². The van der Waals surface area contributed by atoms with Gasteiger partial charge >= 0.3 is 12.2 Å². The molecule has 0 fully saturated rings. The topological polar surface area (TPSA) is 54.0 Å². The number of fused-ring (bicyclic) bond motifs is 1. The fraction of sp³-hybridized carbons (Fsp3) is 0.0435. The quantitative estimate of drug-likeness (QED) is 0.359. The molecule has 0 atom stereocenters. The molecule has 1 heterocycles. The Kier molecular flexibility index (Phi) is 5.29. The number of pyridine rings is 1. The lowest BCUT2D eigenvalue weighted by Gasteiger charge is -2.14. The molecule has 31 heavy (non-hydrogen) atoms. The molecule has 2 N–H and O–H groups in total. The Morgan fingerprint density at radius 3 is 2.42 bits per heavy atom. The highest BCUT2D eigenvalue weighted by molar-refractivity contribution is 6.01. The highest BCUT2D eigenvalue weighted by Gasteiger charge is 2.34. The van der Waals surface area contributed by atoms with Crippen molar-refractivity contribution in [1.82, 2.24) is 4.98 Å². The number of halogens is 4. The monoisotopic (exact) mass is 425 g/mol. The third-order valence-corrected chi connectivity index (χ3v) is 4.67. The molecular weight excluding hydrogens is 410 g/mol. The van der Waals surface area contributed by atoms with Crippen molar-refractivity contribution in [3.05, 3.63) is 90.5 Å². The van der Waals surface area contributed by atoms with Gasteiger partial charge in [-0.1, -0.05) is 30.3 Å². The van der Waals surface area contributed by atoms with Crippen LogP contribution in [-0.4, -0.2) is 11.0 Å². The third-order valence-electron chi connectivity index (χ3n) is 4.67. The minimum absolute atomic E-state index is 0.369. The molecule has 8 heteroatoms. The summed E-state index contributed by atoms with van der Waals surface area (Å²) in [5.41, 5.74) is 0.446. The van der Waals surface area contributed by atoms with Gasteiger partial charge in [0.1, 0.15) is 5.82 Å². The van der Waals surface area contributed by atoms with E-state index in [2.05, 4.69) is 15.6 Å². The number of nitrogens with one attached hydrogen (secondary N) is 2. The molecule has 156 valence electrons. The summed E-state index contributed by atoms with van der Waals surface area (Å²) in [5, 5.41) is 6.51. The second kappa shape index (κ2) is 8.06. The SMILES string of the molecule is O=C(Nc1ccc(-c2cccc3cnccc23)cc1)Nc1cc(F)ccc1C(F)(F)F. The van der Waals surface area contributed by atoms with Gasteiger partial charge in [0.15, 0.2) is 0 Å². The molecule has 0 unspecified atom stereocenters. The third kappa shape index (κ3) is 4.48. The summed E-state index contributed by atoms with van der Waals surface area (Å²) in [7, 11) is 0. The fourth-order valence-corrected chi connectivity index (χ4v) is 3.26. The zero-order chi connectivity index (χ0) is 22.0. The number of aromatic nitrogens is 1. The van der Waals surface area contributed by atoms with Crippen LogP contribution < -0.4 is 10.6 Å². The van der Waals surface area contributed by atoms with Crippen LogP contribution in [0.5, 0.6) is 0 Å². The summed E-state index contributed by atoms with van der Waals surface area (Å²) in [6.45, 7) is 0. The Hall–Kier alpha value is -3.94. The van der Waals surface area contributed by atoms with Crippen LogP contribution in [0.15, 0.2) is 79.1 Å². The van der Waals surface area contributed by atoms with E-state index in [4.69, 9.17) is 0 Å². The number of hydrogen-bond donors (Lipinski definition) is 2. The van der Waals surface area contributed by atoms with E-state index in [1.54, 1.807) is 36.7 Å². The smallest absolute Gasteiger partial charge is 0.308 e. The number of hydrogen-bond acceptors (Lipinski definition) is 2. The molecule has 2 amide bonds. The van der Waals surface area contributed by atoms with Gasteiger partial charge in [-0.2, -0.15) is 13.2 Å². The zero-order valence-corrected chi connectivity index (χ0v) is 15.9. The van der Waals surface area contributed by atoms with E-state index in [9.17, 15) is 22.4 Å². The number of anilines is 2.